The number of unbranched alkanes of at least 4 members (excludes halogenated alkanes) is 1. The number of nitrogens with zero attached hydrogens (tertiary/aromatic N) is 2. The molecule has 0 bridgehead atoms. The number of ketones is 1. The number of carbonyl (C=O) groups is 1. The second-order valence-corrected chi connectivity index (χ2v) is 7.98. The summed E-state index contributed by atoms with van der Waals surface area (Å²) in [5.74, 6) is 1.02. The van der Waals surface area contributed by atoms with Crippen molar-refractivity contribution in [2.75, 3.05) is 7.11 Å². The summed E-state index contributed by atoms with van der Waals surface area (Å²) in [6.45, 7) is 2.15. The number of Topliss-reactive ketones (excluding diaryl/α,β-unsaturated/α-hetero) is 1. The molecule has 1 aromatic heterocycles. The van der Waals surface area contributed by atoms with E-state index >= 15 is 0 Å². The van der Waals surface area contributed by atoms with Crippen molar-refractivity contribution in [2.24, 2.45) is 0 Å². The molecule has 1 atom stereocenters. The zero-order valence-electron chi connectivity index (χ0n) is 16.8. The number of ether oxygens (including phenoxy) is 1. The van der Waals surface area contributed by atoms with Gasteiger partial charge >= 0.3 is 0 Å². The van der Waals surface area contributed by atoms with Gasteiger partial charge in [-0.1, -0.05) is 55.3 Å². The molecule has 4 nitrogen and oxygen atoms in total. The maximum Gasteiger partial charge on any atom is 0.167 e. The summed E-state index contributed by atoms with van der Waals surface area (Å²) in [5.41, 5.74) is 4.61. The number of benzene rings is 2. The highest BCUT2D eigenvalue weighted by molar-refractivity contribution is 6.30. The van der Waals surface area contributed by atoms with Crippen LogP contribution in [0.1, 0.15) is 59.4 Å². The molecular weight excluding hydrogens is 384 g/mol. The molecule has 0 saturated carbocycles. The number of carbonyl (C=O) groups excluding carboxylic acids is 1. The quantitative estimate of drug-likeness (QED) is 0.518. The molecule has 0 unspecified atom stereocenters. The zero-order chi connectivity index (χ0) is 20.4. The normalized spacial score (nSPS) is 16.0. The van der Waals surface area contributed by atoms with Crippen LogP contribution in [0.2, 0.25) is 5.02 Å². The standard InChI is InChI=1S/C24H25ClN2O2/c1-3-4-10-19-24-21(13-17(14-22(24)28)16-8-6-5-7-9-16)27(26-19)20-15-18(25)11-12-23(20)29-2/h5-9,11-12,15,17H,3-4,10,13-14H2,1-2H3/t17-/m0/s1. The van der Waals surface area contributed by atoms with E-state index in [1.165, 1.54) is 5.56 Å². The van der Waals surface area contributed by atoms with Crippen LogP contribution < -0.4 is 4.74 Å². The van der Waals surface area contributed by atoms with Crippen LogP contribution in [0, 0.1) is 0 Å². The fourth-order valence-electron chi connectivity index (χ4n) is 4.15. The van der Waals surface area contributed by atoms with E-state index < -0.39 is 0 Å². The van der Waals surface area contributed by atoms with Gasteiger partial charge in [0, 0.05) is 11.4 Å². The van der Waals surface area contributed by atoms with Gasteiger partial charge in [-0.25, -0.2) is 4.68 Å². The molecule has 4 rings (SSSR count). The minimum Gasteiger partial charge on any atom is -0.494 e. The van der Waals surface area contributed by atoms with Gasteiger partial charge in [0.25, 0.3) is 0 Å². The Kier molecular flexibility index (Phi) is 5.72. The van der Waals surface area contributed by atoms with Gasteiger partial charge in [-0.3, -0.25) is 4.79 Å². The van der Waals surface area contributed by atoms with E-state index in [4.69, 9.17) is 21.4 Å². The van der Waals surface area contributed by atoms with Crippen LogP contribution >= 0.6 is 11.6 Å². The fraction of sp³-hybridized carbons (Fsp3) is 0.333. The first kappa shape index (κ1) is 19.7. The molecule has 0 aliphatic heterocycles. The number of hydrogen-bond donors (Lipinski definition) is 0. The Balaban J connectivity index is 1.86. The Morgan fingerprint density at radius 3 is 2.69 bits per heavy atom. The topological polar surface area (TPSA) is 44.1 Å². The number of aromatic nitrogens is 2. The Labute approximate surface area is 176 Å². The maximum atomic E-state index is 13.2. The molecule has 5 heteroatoms. The second kappa shape index (κ2) is 8.42. The van der Waals surface area contributed by atoms with Crippen molar-refractivity contribution >= 4 is 17.4 Å². The van der Waals surface area contributed by atoms with Gasteiger partial charge in [0.2, 0.25) is 0 Å². The van der Waals surface area contributed by atoms with Crippen molar-refractivity contribution in [2.45, 2.75) is 44.9 Å². The molecule has 3 aromatic rings. The highest BCUT2D eigenvalue weighted by atomic mass is 35.5. The highest BCUT2D eigenvalue weighted by Crippen LogP contribution is 2.37. The molecular formula is C24H25ClN2O2. The maximum absolute atomic E-state index is 13.2. The number of hydrogen-bond acceptors (Lipinski definition) is 3. The number of aryl methyl sites for hydroxylation is 1. The Bertz CT molecular complexity index is 1030. The van der Waals surface area contributed by atoms with Crippen molar-refractivity contribution in [3.05, 3.63) is 76.1 Å². The fourth-order valence-corrected chi connectivity index (χ4v) is 4.32. The molecule has 0 radical (unpaired) electrons. The third kappa shape index (κ3) is 3.82. The molecule has 1 heterocycles. The van der Waals surface area contributed by atoms with Gasteiger partial charge in [0.1, 0.15) is 11.4 Å². The first-order chi connectivity index (χ1) is 14.1. The minimum atomic E-state index is 0.149. The van der Waals surface area contributed by atoms with E-state index in [-0.39, 0.29) is 11.7 Å². The van der Waals surface area contributed by atoms with Crippen LogP contribution in [0.5, 0.6) is 5.75 Å². The van der Waals surface area contributed by atoms with E-state index in [0.717, 1.165) is 48.3 Å². The smallest absolute Gasteiger partial charge is 0.167 e. The van der Waals surface area contributed by atoms with Crippen molar-refractivity contribution in [1.29, 1.82) is 0 Å². The van der Waals surface area contributed by atoms with E-state index in [0.29, 0.717) is 17.2 Å². The van der Waals surface area contributed by atoms with Crippen LogP contribution in [0.4, 0.5) is 0 Å². The molecule has 150 valence electrons. The lowest BCUT2D eigenvalue weighted by molar-refractivity contribution is 0.0962. The van der Waals surface area contributed by atoms with Crippen LogP contribution in [0.15, 0.2) is 48.5 Å². The third-order valence-electron chi connectivity index (χ3n) is 5.61. The summed E-state index contributed by atoms with van der Waals surface area (Å²) >= 11 is 6.29. The lowest BCUT2D eigenvalue weighted by atomic mass is 9.81. The lowest BCUT2D eigenvalue weighted by Crippen LogP contribution is -2.21. The Morgan fingerprint density at radius 1 is 1.17 bits per heavy atom. The summed E-state index contributed by atoms with van der Waals surface area (Å²) < 4.78 is 7.46. The minimum absolute atomic E-state index is 0.149. The van der Waals surface area contributed by atoms with Crippen molar-refractivity contribution in [3.8, 4) is 11.4 Å². The molecule has 0 fully saturated rings. The Morgan fingerprint density at radius 2 is 1.97 bits per heavy atom. The van der Waals surface area contributed by atoms with Gasteiger partial charge in [-0.2, -0.15) is 5.10 Å². The average molecular weight is 409 g/mol. The van der Waals surface area contributed by atoms with Gasteiger partial charge in [-0.15, -0.1) is 0 Å². The number of halogens is 1. The summed E-state index contributed by atoms with van der Waals surface area (Å²) in [6, 6.07) is 15.8. The summed E-state index contributed by atoms with van der Waals surface area (Å²) in [4.78, 5) is 13.2. The van der Waals surface area contributed by atoms with Gasteiger partial charge in [0.05, 0.1) is 24.1 Å². The summed E-state index contributed by atoms with van der Waals surface area (Å²) in [7, 11) is 1.64. The first-order valence-electron chi connectivity index (χ1n) is 10.1. The number of methoxy groups -OCH3 is 1. The zero-order valence-corrected chi connectivity index (χ0v) is 17.6. The molecule has 0 spiro atoms. The van der Waals surface area contributed by atoms with Crippen molar-refractivity contribution < 1.29 is 9.53 Å². The van der Waals surface area contributed by atoms with Crippen LogP contribution in [-0.4, -0.2) is 22.7 Å². The van der Waals surface area contributed by atoms with Gasteiger partial charge in [0.15, 0.2) is 5.78 Å². The van der Waals surface area contributed by atoms with E-state index in [1.54, 1.807) is 13.2 Å². The SMILES string of the molecule is CCCCc1nn(-c2cc(Cl)ccc2OC)c2c1C(=O)C[C@@H](c1ccccc1)C2. The largest absolute Gasteiger partial charge is 0.494 e. The summed E-state index contributed by atoms with van der Waals surface area (Å²) in [5, 5.41) is 5.50. The number of fused-ring (bicyclic) bond motifs is 1. The molecule has 0 amide bonds. The molecule has 1 aliphatic rings. The molecule has 29 heavy (non-hydrogen) atoms. The summed E-state index contributed by atoms with van der Waals surface area (Å²) in [6.07, 6.45) is 4.15. The van der Waals surface area contributed by atoms with Crippen LogP contribution in [0.25, 0.3) is 5.69 Å². The molecule has 0 N–H and O–H groups in total. The monoisotopic (exact) mass is 408 g/mol. The second-order valence-electron chi connectivity index (χ2n) is 7.54. The molecule has 2 aromatic carbocycles. The van der Waals surface area contributed by atoms with Crippen LogP contribution in [-0.2, 0) is 12.8 Å². The molecule has 0 saturated heterocycles. The van der Waals surface area contributed by atoms with Crippen LogP contribution in [0.3, 0.4) is 0 Å². The van der Waals surface area contributed by atoms with Gasteiger partial charge < -0.3 is 4.74 Å². The van der Waals surface area contributed by atoms with E-state index in [9.17, 15) is 4.79 Å². The average Bonchev–Trinajstić information content (AvgIpc) is 3.11. The van der Waals surface area contributed by atoms with E-state index in [1.807, 2.05) is 35.0 Å². The van der Waals surface area contributed by atoms with Gasteiger partial charge in [-0.05, 0) is 48.9 Å². The highest BCUT2D eigenvalue weighted by Gasteiger charge is 2.33. The third-order valence-corrected chi connectivity index (χ3v) is 5.85. The molecule has 1 aliphatic carbocycles. The Hall–Kier alpha value is -2.59. The van der Waals surface area contributed by atoms with E-state index in [2.05, 4.69) is 19.1 Å². The van der Waals surface area contributed by atoms with Crippen molar-refractivity contribution in [3.63, 3.8) is 0 Å². The lowest BCUT2D eigenvalue weighted by Gasteiger charge is -2.23. The predicted octanol–water partition coefficient (Wildman–Crippen LogP) is 5.79. The number of rotatable bonds is 6. The predicted molar refractivity (Wildman–Crippen MR) is 116 cm³/mol. The van der Waals surface area contributed by atoms with Crippen molar-refractivity contribution in [1.82, 2.24) is 9.78 Å². The first-order valence-corrected chi connectivity index (χ1v) is 10.5.